The zero-order chi connectivity index (χ0) is 14.1. The van der Waals surface area contributed by atoms with Crippen molar-refractivity contribution in [1.29, 1.82) is 0 Å². The number of fused-ring (bicyclic) bond motifs is 1. The highest BCUT2D eigenvalue weighted by atomic mass is 16.2. The number of benzene rings is 2. The molecule has 102 valence electrons. The third kappa shape index (κ3) is 2.39. The summed E-state index contributed by atoms with van der Waals surface area (Å²) in [6.07, 6.45) is 0.743. The smallest absolute Gasteiger partial charge is 0.247 e. The van der Waals surface area contributed by atoms with Gasteiger partial charge in [-0.2, -0.15) is 0 Å². The van der Waals surface area contributed by atoms with Gasteiger partial charge in [0.25, 0.3) is 0 Å². The second-order valence-corrected chi connectivity index (χ2v) is 5.35. The molecule has 1 aliphatic heterocycles. The Labute approximate surface area is 119 Å². The average Bonchev–Trinajstić information content (AvgIpc) is 2.87. The Hall–Kier alpha value is -2.29. The molecule has 2 aromatic carbocycles. The molecule has 3 rings (SSSR count). The van der Waals surface area contributed by atoms with Gasteiger partial charge < -0.3 is 10.6 Å². The van der Waals surface area contributed by atoms with Gasteiger partial charge in [-0.1, -0.05) is 24.3 Å². The lowest BCUT2D eigenvalue weighted by atomic mass is 10.1. The molecule has 2 N–H and O–H groups in total. The van der Waals surface area contributed by atoms with Crippen molar-refractivity contribution < 1.29 is 4.79 Å². The molecule has 0 spiro atoms. The van der Waals surface area contributed by atoms with Crippen LogP contribution in [0.4, 0.5) is 11.4 Å². The first-order valence-electron chi connectivity index (χ1n) is 6.86. The van der Waals surface area contributed by atoms with E-state index in [0.29, 0.717) is 0 Å². The largest absolute Gasteiger partial charge is 0.373 e. The van der Waals surface area contributed by atoms with E-state index < -0.39 is 0 Å². The van der Waals surface area contributed by atoms with Crippen LogP contribution in [0.5, 0.6) is 0 Å². The normalized spacial score (nSPS) is 16.4. The van der Waals surface area contributed by atoms with E-state index >= 15 is 0 Å². The summed E-state index contributed by atoms with van der Waals surface area (Å²) in [5.41, 5.74) is 5.54. The Morgan fingerprint density at radius 3 is 2.70 bits per heavy atom. The van der Waals surface area contributed by atoms with Crippen LogP contribution >= 0.6 is 0 Å². The van der Waals surface area contributed by atoms with Crippen molar-refractivity contribution in [3.63, 3.8) is 0 Å². The van der Waals surface area contributed by atoms with Crippen molar-refractivity contribution in [3.05, 3.63) is 59.2 Å². The van der Waals surface area contributed by atoms with Crippen LogP contribution in [0.3, 0.4) is 0 Å². The molecule has 0 saturated heterocycles. The number of carbonyl (C=O) groups excluding carboxylic acids is 1. The standard InChI is InChI=1S/C17H18N2O/c1-11-7-8-14(9-12(11)2)18-17(20)16-10-13-5-3-4-6-15(13)19-16/h3-9,16,19H,10H2,1-2H3,(H,18,20)/t16-/m0/s1. The van der Waals surface area contributed by atoms with Crippen molar-refractivity contribution in [3.8, 4) is 0 Å². The Morgan fingerprint density at radius 2 is 1.95 bits per heavy atom. The summed E-state index contributed by atoms with van der Waals surface area (Å²) < 4.78 is 0. The number of rotatable bonds is 2. The summed E-state index contributed by atoms with van der Waals surface area (Å²) in [6, 6.07) is 13.9. The molecular formula is C17H18N2O. The number of hydrogen-bond acceptors (Lipinski definition) is 2. The third-order valence-electron chi connectivity index (χ3n) is 3.86. The van der Waals surface area contributed by atoms with Gasteiger partial charge in [0.1, 0.15) is 6.04 Å². The molecule has 2 aromatic rings. The second kappa shape index (κ2) is 5.00. The molecular weight excluding hydrogens is 248 g/mol. The predicted molar refractivity (Wildman–Crippen MR) is 82.1 cm³/mol. The Morgan fingerprint density at radius 1 is 1.15 bits per heavy atom. The highest BCUT2D eigenvalue weighted by molar-refractivity contribution is 5.98. The highest BCUT2D eigenvalue weighted by Crippen LogP contribution is 2.26. The summed E-state index contributed by atoms with van der Waals surface area (Å²) in [5, 5.41) is 6.25. The van der Waals surface area contributed by atoms with Gasteiger partial charge in [-0.15, -0.1) is 0 Å². The molecule has 1 aliphatic rings. The lowest BCUT2D eigenvalue weighted by molar-refractivity contribution is -0.116. The van der Waals surface area contributed by atoms with E-state index in [4.69, 9.17) is 0 Å². The van der Waals surface area contributed by atoms with Crippen LogP contribution in [0, 0.1) is 13.8 Å². The van der Waals surface area contributed by atoms with Crippen LogP contribution in [0.2, 0.25) is 0 Å². The monoisotopic (exact) mass is 266 g/mol. The van der Waals surface area contributed by atoms with Gasteiger partial charge in [0.15, 0.2) is 0 Å². The Balaban J connectivity index is 1.71. The van der Waals surface area contributed by atoms with Gasteiger partial charge in [-0.05, 0) is 48.7 Å². The summed E-state index contributed by atoms with van der Waals surface area (Å²) in [6.45, 7) is 4.12. The average molecular weight is 266 g/mol. The van der Waals surface area contributed by atoms with E-state index in [1.54, 1.807) is 0 Å². The van der Waals surface area contributed by atoms with E-state index in [1.165, 1.54) is 16.7 Å². The number of amides is 1. The van der Waals surface area contributed by atoms with Crippen molar-refractivity contribution in [1.82, 2.24) is 0 Å². The fourth-order valence-corrected chi connectivity index (χ4v) is 2.50. The maximum absolute atomic E-state index is 12.3. The SMILES string of the molecule is Cc1ccc(NC(=O)[C@@H]2Cc3ccccc3N2)cc1C. The number of anilines is 2. The van der Waals surface area contributed by atoms with Gasteiger partial charge in [0, 0.05) is 17.8 Å². The van der Waals surface area contributed by atoms with E-state index in [0.717, 1.165) is 17.8 Å². The molecule has 0 fully saturated rings. The number of nitrogens with one attached hydrogen (secondary N) is 2. The topological polar surface area (TPSA) is 41.1 Å². The molecule has 0 unspecified atom stereocenters. The van der Waals surface area contributed by atoms with Crippen LogP contribution in [0.15, 0.2) is 42.5 Å². The summed E-state index contributed by atoms with van der Waals surface area (Å²) in [4.78, 5) is 12.3. The number of aryl methyl sites for hydroxylation is 2. The minimum absolute atomic E-state index is 0.0180. The number of hydrogen-bond donors (Lipinski definition) is 2. The first-order chi connectivity index (χ1) is 9.63. The molecule has 1 heterocycles. The van der Waals surface area contributed by atoms with E-state index in [1.807, 2.05) is 36.4 Å². The van der Waals surface area contributed by atoms with E-state index in [-0.39, 0.29) is 11.9 Å². The quantitative estimate of drug-likeness (QED) is 0.876. The molecule has 0 bridgehead atoms. The van der Waals surface area contributed by atoms with Crippen molar-refractivity contribution >= 4 is 17.3 Å². The molecule has 0 saturated carbocycles. The van der Waals surface area contributed by atoms with Gasteiger partial charge >= 0.3 is 0 Å². The molecule has 20 heavy (non-hydrogen) atoms. The summed E-state index contributed by atoms with van der Waals surface area (Å²) >= 11 is 0. The molecule has 0 aliphatic carbocycles. The minimum atomic E-state index is -0.186. The van der Waals surface area contributed by atoms with Crippen molar-refractivity contribution in [2.24, 2.45) is 0 Å². The molecule has 1 atom stereocenters. The van der Waals surface area contributed by atoms with Gasteiger partial charge in [0.2, 0.25) is 5.91 Å². The predicted octanol–water partition coefficient (Wildman–Crippen LogP) is 3.28. The van der Waals surface area contributed by atoms with Gasteiger partial charge in [0.05, 0.1) is 0 Å². The minimum Gasteiger partial charge on any atom is -0.373 e. The maximum atomic E-state index is 12.3. The molecule has 3 nitrogen and oxygen atoms in total. The van der Waals surface area contributed by atoms with E-state index in [2.05, 4.69) is 30.5 Å². The van der Waals surface area contributed by atoms with Crippen molar-refractivity contribution in [2.45, 2.75) is 26.3 Å². The first kappa shape index (κ1) is 12.7. The lowest BCUT2D eigenvalue weighted by Crippen LogP contribution is -2.32. The third-order valence-corrected chi connectivity index (χ3v) is 3.86. The van der Waals surface area contributed by atoms with Crippen molar-refractivity contribution in [2.75, 3.05) is 10.6 Å². The maximum Gasteiger partial charge on any atom is 0.247 e. The molecule has 0 radical (unpaired) electrons. The second-order valence-electron chi connectivity index (χ2n) is 5.35. The van der Waals surface area contributed by atoms with Crippen LogP contribution < -0.4 is 10.6 Å². The van der Waals surface area contributed by atoms with Crippen LogP contribution in [-0.4, -0.2) is 11.9 Å². The van der Waals surface area contributed by atoms with Crippen LogP contribution in [-0.2, 0) is 11.2 Å². The fourth-order valence-electron chi connectivity index (χ4n) is 2.50. The number of carbonyl (C=O) groups is 1. The zero-order valence-corrected chi connectivity index (χ0v) is 11.7. The molecule has 0 aromatic heterocycles. The van der Waals surface area contributed by atoms with Gasteiger partial charge in [-0.25, -0.2) is 0 Å². The zero-order valence-electron chi connectivity index (χ0n) is 11.7. The van der Waals surface area contributed by atoms with Crippen LogP contribution in [0.1, 0.15) is 16.7 Å². The van der Waals surface area contributed by atoms with E-state index in [9.17, 15) is 4.79 Å². The Kier molecular flexibility index (Phi) is 3.18. The first-order valence-corrected chi connectivity index (χ1v) is 6.86. The summed E-state index contributed by atoms with van der Waals surface area (Å²) in [7, 11) is 0. The lowest BCUT2D eigenvalue weighted by Gasteiger charge is -2.13. The number of para-hydroxylation sites is 1. The summed E-state index contributed by atoms with van der Waals surface area (Å²) in [5.74, 6) is 0.0180. The van der Waals surface area contributed by atoms with Crippen LogP contribution in [0.25, 0.3) is 0 Å². The highest BCUT2D eigenvalue weighted by Gasteiger charge is 2.26. The molecule has 1 amide bonds. The Bertz CT molecular complexity index is 639. The fraction of sp³-hybridized carbons (Fsp3) is 0.235. The van der Waals surface area contributed by atoms with Gasteiger partial charge in [-0.3, -0.25) is 4.79 Å². The molecule has 3 heteroatoms.